The molecule has 0 bridgehead atoms. The summed E-state index contributed by atoms with van der Waals surface area (Å²) in [6.45, 7) is 6.51. The summed E-state index contributed by atoms with van der Waals surface area (Å²) in [5, 5.41) is 9.94. The average molecular weight is 233 g/mol. The first kappa shape index (κ1) is 12.1. The van der Waals surface area contributed by atoms with E-state index in [0.717, 1.165) is 24.2 Å². The van der Waals surface area contributed by atoms with E-state index in [1.165, 1.54) is 0 Å². The minimum absolute atomic E-state index is 0.0808. The highest BCUT2D eigenvalue weighted by molar-refractivity contribution is 5.94. The van der Waals surface area contributed by atoms with Gasteiger partial charge in [-0.3, -0.25) is 4.79 Å². The summed E-state index contributed by atoms with van der Waals surface area (Å²) in [6.07, 6.45) is 0.497. The van der Waals surface area contributed by atoms with Gasteiger partial charge in [-0.2, -0.15) is 0 Å². The number of carbonyl (C=O) groups excluding carboxylic acids is 1. The van der Waals surface area contributed by atoms with Crippen LogP contribution in [0.3, 0.4) is 0 Å². The van der Waals surface area contributed by atoms with Gasteiger partial charge in [0, 0.05) is 17.8 Å². The van der Waals surface area contributed by atoms with E-state index in [9.17, 15) is 9.90 Å². The molecule has 1 fully saturated rings. The van der Waals surface area contributed by atoms with Crippen LogP contribution >= 0.6 is 0 Å². The third kappa shape index (κ3) is 2.07. The number of anilines is 1. The fourth-order valence-corrected chi connectivity index (χ4v) is 2.41. The van der Waals surface area contributed by atoms with E-state index in [0.29, 0.717) is 0 Å². The number of ketones is 1. The average Bonchev–Trinajstić information content (AvgIpc) is 2.54. The number of aliphatic hydroxyl groups excluding tert-OH is 1. The molecule has 1 unspecified atom stereocenters. The van der Waals surface area contributed by atoms with Gasteiger partial charge in [0.25, 0.3) is 0 Å². The van der Waals surface area contributed by atoms with Crippen LogP contribution in [0.15, 0.2) is 24.3 Å². The molecule has 1 aromatic rings. The maximum absolute atomic E-state index is 11.2. The lowest BCUT2D eigenvalue weighted by molar-refractivity contribution is 0.101. The van der Waals surface area contributed by atoms with Crippen molar-refractivity contribution < 1.29 is 9.90 Å². The number of aliphatic hydroxyl groups is 1. The molecule has 1 heterocycles. The largest absolute Gasteiger partial charge is 0.391 e. The summed E-state index contributed by atoms with van der Waals surface area (Å²) in [5.74, 6) is 0.0808. The van der Waals surface area contributed by atoms with Crippen LogP contribution < -0.4 is 4.90 Å². The van der Waals surface area contributed by atoms with Crippen molar-refractivity contribution in [2.75, 3.05) is 11.4 Å². The molecule has 3 heteroatoms. The van der Waals surface area contributed by atoms with Gasteiger partial charge in [-0.05, 0) is 51.5 Å². The van der Waals surface area contributed by atoms with Crippen LogP contribution in [0.5, 0.6) is 0 Å². The first-order valence-electron chi connectivity index (χ1n) is 5.99. The Bertz CT molecular complexity index is 422. The van der Waals surface area contributed by atoms with E-state index in [1.807, 2.05) is 38.1 Å². The van der Waals surface area contributed by atoms with Crippen LogP contribution in [0, 0.1) is 0 Å². The summed E-state index contributed by atoms with van der Waals surface area (Å²) in [5.41, 5.74) is 1.56. The number of Topliss-reactive ketones (excluding diaryl/α,β-unsaturated/α-hetero) is 1. The lowest BCUT2D eigenvalue weighted by Crippen LogP contribution is -2.45. The molecule has 0 spiro atoms. The topological polar surface area (TPSA) is 40.5 Å². The maximum Gasteiger partial charge on any atom is 0.159 e. The summed E-state index contributed by atoms with van der Waals surface area (Å²) in [4.78, 5) is 13.4. The van der Waals surface area contributed by atoms with Crippen molar-refractivity contribution in [3.63, 3.8) is 0 Å². The normalized spacial score (nSPS) is 22.8. The monoisotopic (exact) mass is 233 g/mol. The Morgan fingerprint density at radius 2 is 1.94 bits per heavy atom. The Labute approximate surface area is 102 Å². The Hall–Kier alpha value is -1.35. The molecule has 1 saturated heterocycles. The van der Waals surface area contributed by atoms with E-state index in [2.05, 4.69) is 4.90 Å². The Morgan fingerprint density at radius 3 is 2.35 bits per heavy atom. The van der Waals surface area contributed by atoms with Gasteiger partial charge in [0.15, 0.2) is 5.78 Å². The van der Waals surface area contributed by atoms with Crippen molar-refractivity contribution in [1.82, 2.24) is 0 Å². The van der Waals surface area contributed by atoms with Crippen molar-refractivity contribution in [3.05, 3.63) is 29.8 Å². The minimum Gasteiger partial charge on any atom is -0.391 e. The summed E-state index contributed by atoms with van der Waals surface area (Å²) in [7, 11) is 0. The SMILES string of the molecule is CC(=O)c1ccc(N2CCC(O)C2(C)C)cc1. The van der Waals surface area contributed by atoms with Crippen LogP contribution in [-0.4, -0.2) is 29.1 Å². The molecule has 92 valence electrons. The molecular formula is C14H19NO2. The molecule has 0 amide bonds. The second-order valence-corrected chi connectivity index (χ2v) is 5.21. The van der Waals surface area contributed by atoms with Crippen molar-refractivity contribution in [3.8, 4) is 0 Å². The number of carbonyl (C=O) groups is 1. The second-order valence-electron chi connectivity index (χ2n) is 5.21. The Balaban J connectivity index is 2.27. The van der Waals surface area contributed by atoms with Gasteiger partial charge in [0.2, 0.25) is 0 Å². The fourth-order valence-electron chi connectivity index (χ4n) is 2.41. The molecule has 17 heavy (non-hydrogen) atoms. The highest BCUT2D eigenvalue weighted by Crippen LogP contribution is 2.33. The van der Waals surface area contributed by atoms with Crippen LogP contribution in [0.2, 0.25) is 0 Å². The minimum atomic E-state index is -0.296. The lowest BCUT2D eigenvalue weighted by atomic mass is 9.98. The predicted molar refractivity (Wildman–Crippen MR) is 68.5 cm³/mol. The van der Waals surface area contributed by atoms with Gasteiger partial charge in [-0.15, -0.1) is 0 Å². The number of nitrogens with zero attached hydrogens (tertiary/aromatic N) is 1. The van der Waals surface area contributed by atoms with Gasteiger partial charge >= 0.3 is 0 Å². The summed E-state index contributed by atoms with van der Waals surface area (Å²) < 4.78 is 0. The molecule has 1 N–H and O–H groups in total. The summed E-state index contributed by atoms with van der Waals surface area (Å²) in [6, 6.07) is 7.60. The van der Waals surface area contributed by atoms with E-state index >= 15 is 0 Å². The third-order valence-corrected chi connectivity index (χ3v) is 3.72. The number of rotatable bonds is 2. The van der Waals surface area contributed by atoms with Crippen molar-refractivity contribution in [1.29, 1.82) is 0 Å². The second kappa shape index (κ2) is 4.15. The Morgan fingerprint density at radius 1 is 1.35 bits per heavy atom. The summed E-state index contributed by atoms with van der Waals surface area (Å²) >= 11 is 0. The number of benzene rings is 1. The van der Waals surface area contributed by atoms with Gasteiger partial charge in [0.1, 0.15) is 0 Å². The van der Waals surface area contributed by atoms with Gasteiger partial charge in [-0.25, -0.2) is 0 Å². The third-order valence-electron chi connectivity index (χ3n) is 3.72. The molecule has 1 aliphatic heterocycles. The van der Waals surface area contributed by atoms with Gasteiger partial charge in [-0.1, -0.05) is 0 Å². The van der Waals surface area contributed by atoms with Crippen LogP contribution in [0.25, 0.3) is 0 Å². The highest BCUT2D eigenvalue weighted by atomic mass is 16.3. The molecule has 0 saturated carbocycles. The van der Waals surface area contributed by atoms with E-state index in [1.54, 1.807) is 6.92 Å². The van der Waals surface area contributed by atoms with E-state index < -0.39 is 0 Å². The van der Waals surface area contributed by atoms with E-state index in [4.69, 9.17) is 0 Å². The van der Waals surface area contributed by atoms with Crippen molar-refractivity contribution in [2.24, 2.45) is 0 Å². The molecule has 0 aliphatic carbocycles. The first-order chi connectivity index (χ1) is 7.93. The van der Waals surface area contributed by atoms with Gasteiger partial charge < -0.3 is 10.0 Å². The van der Waals surface area contributed by atoms with Crippen molar-refractivity contribution in [2.45, 2.75) is 38.8 Å². The molecule has 3 nitrogen and oxygen atoms in total. The maximum atomic E-state index is 11.2. The number of hydrogen-bond acceptors (Lipinski definition) is 3. The zero-order valence-electron chi connectivity index (χ0n) is 10.6. The van der Waals surface area contributed by atoms with Crippen LogP contribution in [0.4, 0.5) is 5.69 Å². The smallest absolute Gasteiger partial charge is 0.159 e. The molecule has 0 aromatic heterocycles. The first-order valence-corrected chi connectivity index (χ1v) is 5.99. The molecule has 1 aliphatic rings. The quantitative estimate of drug-likeness (QED) is 0.796. The van der Waals surface area contributed by atoms with Crippen LogP contribution in [0.1, 0.15) is 37.6 Å². The zero-order valence-corrected chi connectivity index (χ0v) is 10.6. The van der Waals surface area contributed by atoms with Gasteiger partial charge in [0.05, 0.1) is 11.6 Å². The molecule has 0 radical (unpaired) electrons. The standard InChI is InChI=1S/C14H19NO2/c1-10(16)11-4-6-12(7-5-11)15-9-8-13(17)14(15,2)3/h4-7,13,17H,8-9H2,1-3H3. The van der Waals surface area contributed by atoms with Crippen LogP contribution in [-0.2, 0) is 0 Å². The highest BCUT2D eigenvalue weighted by Gasteiger charge is 2.40. The zero-order chi connectivity index (χ0) is 12.6. The van der Waals surface area contributed by atoms with E-state index in [-0.39, 0.29) is 17.4 Å². The molecule has 1 aromatic carbocycles. The predicted octanol–water partition coefficient (Wildman–Crippen LogP) is 2.24. The Kier molecular flexibility index (Phi) is 2.96. The lowest BCUT2D eigenvalue weighted by Gasteiger charge is -2.35. The fraction of sp³-hybridized carbons (Fsp3) is 0.500. The molecular weight excluding hydrogens is 214 g/mol. The number of hydrogen-bond donors (Lipinski definition) is 1. The van der Waals surface area contributed by atoms with Crippen molar-refractivity contribution >= 4 is 11.5 Å². The molecule has 1 atom stereocenters. The molecule has 2 rings (SSSR count).